The first kappa shape index (κ1) is 11.6. The number of nitrogens with one attached hydrogen (secondary N) is 1. The van der Waals surface area contributed by atoms with Gasteiger partial charge in [0, 0.05) is 0 Å². The Morgan fingerprint density at radius 1 is 1.21 bits per heavy atom. The maximum atomic E-state index is 9.93. The minimum Gasteiger partial charge on any atom is -0.507 e. The number of imidazole rings is 1. The van der Waals surface area contributed by atoms with Crippen LogP contribution in [0.5, 0.6) is 5.75 Å². The molecule has 2 aromatic carbocycles. The summed E-state index contributed by atoms with van der Waals surface area (Å²) < 4.78 is 0. The van der Waals surface area contributed by atoms with Crippen LogP contribution in [0.2, 0.25) is 0 Å². The molecule has 0 amide bonds. The molecule has 1 heterocycles. The topological polar surface area (TPSA) is 61.3 Å². The highest BCUT2D eigenvalue weighted by Gasteiger charge is 2.10. The molecule has 0 saturated heterocycles. The highest BCUT2D eigenvalue weighted by molar-refractivity contribution is 7.78. The number of aliphatic imine (C=N–C) groups is 1. The number of thiocarbonyl (C=S) groups is 1. The smallest absolute Gasteiger partial charge is 0.142 e. The monoisotopic (exact) mass is 267 g/mol. The zero-order valence-corrected chi connectivity index (χ0v) is 10.6. The molecule has 0 spiro atoms. The second-order valence-electron chi connectivity index (χ2n) is 4.01. The summed E-state index contributed by atoms with van der Waals surface area (Å²) in [7, 11) is 0. The summed E-state index contributed by atoms with van der Waals surface area (Å²) in [6, 6.07) is 12.6. The van der Waals surface area contributed by atoms with Gasteiger partial charge >= 0.3 is 0 Å². The number of benzene rings is 2. The highest BCUT2D eigenvalue weighted by atomic mass is 32.1. The van der Waals surface area contributed by atoms with Crippen molar-refractivity contribution in [3.05, 3.63) is 42.5 Å². The van der Waals surface area contributed by atoms with Gasteiger partial charge in [0.15, 0.2) is 0 Å². The molecule has 19 heavy (non-hydrogen) atoms. The Bertz CT molecular complexity index is 770. The van der Waals surface area contributed by atoms with Crippen LogP contribution in [0.3, 0.4) is 0 Å². The highest BCUT2D eigenvalue weighted by Crippen LogP contribution is 2.31. The number of nitrogens with zero attached hydrogens (tertiary/aromatic N) is 2. The molecule has 4 nitrogen and oxygen atoms in total. The maximum absolute atomic E-state index is 9.93. The SMILES string of the molecule is Oc1ccc(N=C=S)cc1-c1nc2ccccc2[nH]1. The molecule has 5 heteroatoms. The number of hydrogen-bond donors (Lipinski definition) is 2. The van der Waals surface area contributed by atoms with Crippen LogP contribution >= 0.6 is 12.2 Å². The lowest BCUT2D eigenvalue weighted by Crippen LogP contribution is -1.81. The van der Waals surface area contributed by atoms with Crippen molar-refractivity contribution in [1.29, 1.82) is 0 Å². The van der Waals surface area contributed by atoms with Crippen molar-refractivity contribution in [3.63, 3.8) is 0 Å². The van der Waals surface area contributed by atoms with E-state index in [1.165, 1.54) is 0 Å². The van der Waals surface area contributed by atoms with Gasteiger partial charge in [-0.3, -0.25) is 0 Å². The van der Waals surface area contributed by atoms with Crippen molar-refractivity contribution in [2.45, 2.75) is 0 Å². The summed E-state index contributed by atoms with van der Waals surface area (Å²) in [5.41, 5.74) is 2.98. The van der Waals surface area contributed by atoms with Crippen LogP contribution in [-0.2, 0) is 0 Å². The number of hydrogen-bond acceptors (Lipinski definition) is 4. The number of para-hydroxylation sites is 2. The molecular formula is C14H9N3OS. The van der Waals surface area contributed by atoms with Gasteiger partial charge in [0.25, 0.3) is 0 Å². The van der Waals surface area contributed by atoms with Gasteiger partial charge in [-0.2, -0.15) is 4.99 Å². The average Bonchev–Trinajstić information content (AvgIpc) is 2.85. The summed E-state index contributed by atoms with van der Waals surface area (Å²) in [4.78, 5) is 11.5. The van der Waals surface area contributed by atoms with Gasteiger partial charge in [-0.25, -0.2) is 4.98 Å². The largest absolute Gasteiger partial charge is 0.507 e. The molecule has 3 aromatic rings. The maximum Gasteiger partial charge on any atom is 0.142 e. The summed E-state index contributed by atoms with van der Waals surface area (Å²) >= 11 is 4.58. The van der Waals surface area contributed by atoms with Gasteiger partial charge in [0.2, 0.25) is 0 Å². The molecule has 0 saturated carbocycles. The van der Waals surface area contributed by atoms with Crippen molar-refractivity contribution >= 4 is 34.1 Å². The van der Waals surface area contributed by atoms with Crippen molar-refractivity contribution in [3.8, 4) is 17.1 Å². The van der Waals surface area contributed by atoms with Gasteiger partial charge in [-0.15, -0.1) is 0 Å². The molecule has 0 aliphatic heterocycles. The number of H-pyrrole nitrogens is 1. The Labute approximate surface area is 114 Å². The molecule has 1 aromatic heterocycles. The van der Waals surface area contributed by atoms with E-state index in [9.17, 15) is 5.11 Å². The number of fused-ring (bicyclic) bond motifs is 1. The quantitative estimate of drug-likeness (QED) is 0.550. The Kier molecular flexibility index (Phi) is 2.83. The first-order valence-electron chi connectivity index (χ1n) is 5.64. The summed E-state index contributed by atoms with van der Waals surface area (Å²) in [6.07, 6.45) is 0. The van der Waals surface area contributed by atoms with Crippen LogP contribution < -0.4 is 0 Å². The van der Waals surface area contributed by atoms with E-state index in [0.717, 1.165) is 11.0 Å². The number of aromatic amines is 1. The fourth-order valence-corrected chi connectivity index (χ4v) is 2.02. The van der Waals surface area contributed by atoms with Crippen LogP contribution in [-0.4, -0.2) is 20.2 Å². The van der Waals surface area contributed by atoms with Crippen LogP contribution in [0.25, 0.3) is 22.4 Å². The minimum absolute atomic E-state index is 0.141. The molecule has 92 valence electrons. The Morgan fingerprint density at radius 3 is 2.84 bits per heavy atom. The van der Waals surface area contributed by atoms with E-state index in [4.69, 9.17) is 0 Å². The van der Waals surface area contributed by atoms with E-state index in [0.29, 0.717) is 17.1 Å². The lowest BCUT2D eigenvalue weighted by atomic mass is 10.1. The number of isothiocyanates is 1. The lowest BCUT2D eigenvalue weighted by Gasteiger charge is -2.01. The van der Waals surface area contributed by atoms with Gasteiger partial charge in [-0.1, -0.05) is 12.1 Å². The van der Waals surface area contributed by atoms with Crippen LogP contribution in [0.1, 0.15) is 0 Å². The number of rotatable bonds is 2. The predicted octanol–water partition coefficient (Wildman–Crippen LogP) is 3.67. The molecule has 0 bridgehead atoms. The minimum atomic E-state index is 0.141. The lowest BCUT2D eigenvalue weighted by molar-refractivity contribution is 0.477. The third-order valence-corrected chi connectivity index (χ3v) is 2.89. The van der Waals surface area contributed by atoms with E-state index in [1.807, 2.05) is 24.3 Å². The molecule has 3 rings (SSSR count). The predicted molar refractivity (Wildman–Crippen MR) is 77.9 cm³/mol. The second kappa shape index (κ2) is 4.65. The Morgan fingerprint density at radius 2 is 2.05 bits per heavy atom. The Hall–Kier alpha value is -2.49. The molecular weight excluding hydrogens is 258 g/mol. The average molecular weight is 267 g/mol. The molecule has 0 unspecified atom stereocenters. The van der Waals surface area contributed by atoms with Crippen LogP contribution in [0.4, 0.5) is 5.69 Å². The number of phenolic OH excluding ortho intramolecular Hbond substituents is 1. The number of phenols is 1. The van der Waals surface area contributed by atoms with E-state index in [-0.39, 0.29) is 5.75 Å². The summed E-state index contributed by atoms with van der Waals surface area (Å²) in [5, 5.41) is 12.2. The van der Waals surface area contributed by atoms with Crippen LogP contribution in [0, 0.1) is 0 Å². The first-order valence-corrected chi connectivity index (χ1v) is 6.05. The van der Waals surface area contributed by atoms with Crippen molar-refractivity contribution in [2.24, 2.45) is 4.99 Å². The standard InChI is InChI=1S/C14H9N3OS/c18-13-6-5-9(15-8-19)7-10(13)14-16-11-3-1-2-4-12(11)17-14/h1-7,18H,(H,16,17). The zero-order chi connectivity index (χ0) is 13.2. The molecule has 0 aliphatic rings. The van der Waals surface area contributed by atoms with Crippen LogP contribution in [0.15, 0.2) is 47.5 Å². The van der Waals surface area contributed by atoms with Crippen molar-refractivity contribution in [2.75, 3.05) is 0 Å². The fraction of sp³-hybridized carbons (Fsp3) is 0. The number of aromatic nitrogens is 2. The molecule has 0 fully saturated rings. The third-order valence-electron chi connectivity index (χ3n) is 2.80. The van der Waals surface area contributed by atoms with Gasteiger partial charge in [0.05, 0.1) is 27.4 Å². The second-order valence-corrected chi connectivity index (χ2v) is 4.19. The molecule has 0 atom stereocenters. The number of aromatic hydroxyl groups is 1. The van der Waals surface area contributed by atoms with E-state index < -0.39 is 0 Å². The molecule has 0 aliphatic carbocycles. The molecule has 0 radical (unpaired) electrons. The van der Waals surface area contributed by atoms with E-state index in [2.05, 4.69) is 32.3 Å². The van der Waals surface area contributed by atoms with Gasteiger partial charge in [-0.05, 0) is 42.5 Å². The molecule has 2 N–H and O–H groups in total. The summed E-state index contributed by atoms with van der Waals surface area (Å²) in [5.74, 6) is 0.738. The fourth-order valence-electron chi connectivity index (χ4n) is 1.92. The zero-order valence-electron chi connectivity index (χ0n) is 9.79. The van der Waals surface area contributed by atoms with E-state index in [1.54, 1.807) is 18.2 Å². The van der Waals surface area contributed by atoms with Crippen molar-refractivity contribution in [1.82, 2.24) is 9.97 Å². The van der Waals surface area contributed by atoms with Crippen molar-refractivity contribution < 1.29 is 5.11 Å². The van der Waals surface area contributed by atoms with E-state index >= 15 is 0 Å². The first-order chi connectivity index (χ1) is 9.28. The third kappa shape index (κ3) is 2.12. The Balaban J connectivity index is 2.19. The summed E-state index contributed by atoms with van der Waals surface area (Å²) in [6.45, 7) is 0. The van der Waals surface area contributed by atoms with Gasteiger partial charge in [0.1, 0.15) is 11.6 Å². The normalized spacial score (nSPS) is 10.3. The van der Waals surface area contributed by atoms with Gasteiger partial charge < -0.3 is 10.1 Å².